The van der Waals surface area contributed by atoms with Crippen molar-refractivity contribution in [1.29, 1.82) is 0 Å². The Kier molecular flexibility index (Phi) is 2.49. The van der Waals surface area contributed by atoms with Crippen LogP contribution in [-0.4, -0.2) is 38.1 Å². The Labute approximate surface area is 91.1 Å². The van der Waals surface area contributed by atoms with E-state index in [0.29, 0.717) is 23.7 Å². The summed E-state index contributed by atoms with van der Waals surface area (Å²) in [6.07, 6.45) is 6.45. The second-order valence-corrected chi connectivity index (χ2v) is 5.33. The van der Waals surface area contributed by atoms with Crippen LogP contribution in [0.5, 0.6) is 0 Å². The number of hydrogen-bond donors (Lipinski definition) is 0. The van der Waals surface area contributed by atoms with Crippen molar-refractivity contribution in [2.24, 2.45) is 5.41 Å². The molecule has 3 rings (SSSR count). The van der Waals surface area contributed by atoms with E-state index in [9.17, 15) is 0 Å². The maximum atomic E-state index is 5.39. The zero-order valence-corrected chi connectivity index (χ0v) is 9.41. The Bertz CT molecular complexity index is 193. The highest BCUT2D eigenvalue weighted by Gasteiger charge is 2.44. The Hall–Kier alpha value is -0.120. The van der Waals surface area contributed by atoms with Crippen LogP contribution < -0.4 is 0 Å². The Morgan fingerprint density at radius 2 is 1.20 bits per heavy atom. The summed E-state index contributed by atoms with van der Waals surface area (Å²) >= 11 is 0. The third kappa shape index (κ3) is 2.71. The Morgan fingerprint density at radius 1 is 0.867 bits per heavy atom. The molecule has 3 aliphatic heterocycles. The molecule has 0 amide bonds. The van der Waals surface area contributed by atoms with Crippen LogP contribution in [0.3, 0.4) is 0 Å². The number of ether oxygens (including phenoxy) is 3. The van der Waals surface area contributed by atoms with Crippen LogP contribution in [0.1, 0.15) is 32.6 Å². The Morgan fingerprint density at radius 3 is 1.40 bits per heavy atom. The van der Waals surface area contributed by atoms with E-state index in [2.05, 4.69) is 6.92 Å². The average molecular weight is 212 g/mol. The summed E-state index contributed by atoms with van der Waals surface area (Å²) < 4.78 is 16.2. The van der Waals surface area contributed by atoms with Crippen LogP contribution in [0, 0.1) is 5.41 Å². The van der Waals surface area contributed by atoms with Crippen molar-refractivity contribution in [2.45, 2.75) is 50.9 Å². The topological polar surface area (TPSA) is 37.6 Å². The van der Waals surface area contributed by atoms with E-state index >= 15 is 0 Å². The summed E-state index contributed by atoms with van der Waals surface area (Å²) in [5.74, 6) is 0. The fourth-order valence-electron chi connectivity index (χ4n) is 2.69. The number of hydrogen-bond acceptors (Lipinski definition) is 3. The lowest BCUT2D eigenvalue weighted by atomic mass is 9.73. The molecular formula is C12H20O3. The SMILES string of the molecule is CCC(CC1CO1)(CC1CO1)CC1CO1. The van der Waals surface area contributed by atoms with Crippen molar-refractivity contribution in [3.8, 4) is 0 Å². The first-order valence-electron chi connectivity index (χ1n) is 6.14. The molecule has 0 bridgehead atoms. The van der Waals surface area contributed by atoms with E-state index < -0.39 is 0 Å². The maximum absolute atomic E-state index is 5.39. The molecule has 0 aromatic rings. The van der Waals surface area contributed by atoms with Gasteiger partial charge in [0.1, 0.15) is 0 Å². The molecule has 0 saturated carbocycles. The van der Waals surface area contributed by atoms with Gasteiger partial charge in [0.15, 0.2) is 0 Å². The molecule has 0 aromatic carbocycles. The van der Waals surface area contributed by atoms with Crippen molar-refractivity contribution in [2.75, 3.05) is 19.8 Å². The maximum Gasteiger partial charge on any atom is 0.0815 e. The first-order chi connectivity index (χ1) is 7.30. The zero-order chi connectivity index (χ0) is 10.3. The van der Waals surface area contributed by atoms with Gasteiger partial charge in [-0.1, -0.05) is 13.3 Å². The van der Waals surface area contributed by atoms with Gasteiger partial charge < -0.3 is 14.2 Å². The van der Waals surface area contributed by atoms with Crippen LogP contribution in [0.4, 0.5) is 0 Å². The summed E-state index contributed by atoms with van der Waals surface area (Å²) in [5.41, 5.74) is 0.420. The van der Waals surface area contributed by atoms with Gasteiger partial charge >= 0.3 is 0 Å². The van der Waals surface area contributed by atoms with Crippen LogP contribution in [-0.2, 0) is 14.2 Å². The summed E-state index contributed by atoms with van der Waals surface area (Å²) in [6.45, 7) is 5.21. The lowest BCUT2D eigenvalue weighted by Gasteiger charge is -2.31. The molecule has 3 saturated heterocycles. The predicted octanol–water partition coefficient (Wildman–Crippen LogP) is 1.75. The molecular weight excluding hydrogens is 192 g/mol. The van der Waals surface area contributed by atoms with Gasteiger partial charge in [-0.3, -0.25) is 0 Å². The first kappa shape index (κ1) is 10.1. The molecule has 3 nitrogen and oxygen atoms in total. The molecule has 0 aromatic heterocycles. The molecule has 15 heavy (non-hydrogen) atoms. The van der Waals surface area contributed by atoms with Crippen molar-refractivity contribution in [1.82, 2.24) is 0 Å². The van der Waals surface area contributed by atoms with Crippen LogP contribution in [0.25, 0.3) is 0 Å². The summed E-state index contributed by atoms with van der Waals surface area (Å²) in [7, 11) is 0. The highest BCUT2D eigenvalue weighted by Crippen LogP contribution is 2.45. The molecule has 0 spiro atoms. The minimum atomic E-state index is 0.420. The molecule has 3 aliphatic rings. The first-order valence-corrected chi connectivity index (χ1v) is 6.14. The van der Waals surface area contributed by atoms with E-state index in [-0.39, 0.29) is 0 Å². The van der Waals surface area contributed by atoms with Crippen LogP contribution in [0.15, 0.2) is 0 Å². The van der Waals surface area contributed by atoms with Gasteiger partial charge in [0.05, 0.1) is 38.1 Å². The average Bonchev–Trinajstić information content (AvgIpc) is 3.04. The summed E-state index contributed by atoms with van der Waals surface area (Å²) in [6, 6.07) is 0. The van der Waals surface area contributed by atoms with E-state index in [1.165, 1.54) is 25.7 Å². The van der Waals surface area contributed by atoms with Gasteiger partial charge in [-0.2, -0.15) is 0 Å². The van der Waals surface area contributed by atoms with Crippen LogP contribution >= 0.6 is 0 Å². The van der Waals surface area contributed by atoms with Gasteiger partial charge in [0, 0.05) is 0 Å². The van der Waals surface area contributed by atoms with E-state index in [4.69, 9.17) is 14.2 Å². The third-order valence-corrected chi connectivity index (χ3v) is 3.94. The van der Waals surface area contributed by atoms with Crippen LogP contribution in [0.2, 0.25) is 0 Å². The second kappa shape index (κ2) is 3.72. The normalized spacial score (nSPS) is 41.0. The van der Waals surface area contributed by atoms with Crippen molar-refractivity contribution in [3.05, 3.63) is 0 Å². The second-order valence-electron chi connectivity index (χ2n) is 5.33. The van der Waals surface area contributed by atoms with E-state index in [0.717, 1.165) is 19.8 Å². The minimum Gasteiger partial charge on any atom is -0.373 e. The van der Waals surface area contributed by atoms with Crippen molar-refractivity contribution >= 4 is 0 Å². The van der Waals surface area contributed by atoms with Crippen molar-refractivity contribution < 1.29 is 14.2 Å². The standard InChI is InChI=1S/C12H20O3/c1-2-12(3-9-6-13-9,4-10-7-14-10)5-11-8-15-11/h9-11H,2-8H2,1H3. The molecule has 3 heterocycles. The Balaban J connectivity index is 1.62. The molecule has 0 aliphatic carbocycles. The lowest BCUT2D eigenvalue weighted by molar-refractivity contribution is 0.148. The lowest BCUT2D eigenvalue weighted by Crippen LogP contribution is -2.26. The molecule has 0 N–H and O–H groups in total. The highest BCUT2D eigenvalue weighted by molar-refractivity contribution is 4.93. The largest absolute Gasteiger partial charge is 0.373 e. The summed E-state index contributed by atoms with van der Waals surface area (Å²) in [4.78, 5) is 0. The molecule has 3 unspecified atom stereocenters. The third-order valence-electron chi connectivity index (χ3n) is 3.94. The van der Waals surface area contributed by atoms with Gasteiger partial charge in [0.2, 0.25) is 0 Å². The zero-order valence-electron chi connectivity index (χ0n) is 9.41. The van der Waals surface area contributed by atoms with E-state index in [1.54, 1.807) is 0 Å². The number of epoxide rings is 3. The number of rotatable bonds is 7. The highest BCUT2D eigenvalue weighted by atomic mass is 16.6. The van der Waals surface area contributed by atoms with Gasteiger partial charge in [-0.15, -0.1) is 0 Å². The fourth-order valence-corrected chi connectivity index (χ4v) is 2.69. The van der Waals surface area contributed by atoms with Crippen molar-refractivity contribution in [3.63, 3.8) is 0 Å². The molecule has 3 atom stereocenters. The minimum absolute atomic E-state index is 0.420. The predicted molar refractivity (Wildman–Crippen MR) is 55.8 cm³/mol. The fraction of sp³-hybridized carbons (Fsp3) is 1.00. The molecule has 86 valence electrons. The van der Waals surface area contributed by atoms with Gasteiger partial charge in [0.25, 0.3) is 0 Å². The monoisotopic (exact) mass is 212 g/mol. The van der Waals surface area contributed by atoms with E-state index in [1.807, 2.05) is 0 Å². The summed E-state index contributed by atoms with van der Waals surface area (Å²) in [5, 5.41) is 0. The quantitative estimate of drug-likeness (QED) is 0.603. The van der Waals surface area contributed by atoms with Gasteiger partial charge in [-0.25, -0.2) is 0 Å². The van der Waals surface area contributed by atoms with Gasteiger partial charge in [-0.05, 0) is 24.7 Å². The smallest absolute Gasteiger partial charge is 0.0815 e. The molecule has 3 fully saturated rings. The molecule has 3 heteroatoms. The molecule has 0 radical (unpaired) electrons.